The molecule has 0 saturated heterocycles. The van der Waals surface area contributed by atoms with Gasteiger partial charge in [-0.15, -0.1) is 0 Å². The fraction of sp³-hybridized carbons (Fsp3) is 0.280. The van der Waals surface area contributed by atoms with Gasteiger partial charge in [0, 0.05) is 28.5 Å². The third kappa shape index (κ3) is 7.36. The molecule has 0 saturated carbocycles. The summed E-state index contributed by atoms with van der Waals surface area (Å²) in [6.45, 7) is 2.15. The summed E-state index contributed by atoms with van der Waals surface area (Å²) >= 11 is 10.6. The van der Waals surface area contributed by atoms with E-state index in [4.69, 9.17) is 14.2 Å². The van der Waals surface area contributed by atoms with E-state index in [1.807, 2.05) is 36.4 Å². The molecule has 2 atom stereocenters. The predicted molar refractivity (Wildman–Crippen MR) is 145 cm³/mol. The first-order valence-corrected chi connectivity index (χ1v) is 13.1. The van der Waals surface area contributed by atoms with Gasteiger partial charge in [-0.3, -0.25) is 10.1 Å². The first kappa shape index (κ1) is 27.3. The topological polar surface area (TPSA) is 94.1 Å². The molecule has 0 aromatic heterocycles. The molecule has 1 amide bonds. The number of halogens is 2. The fourth-order valence-corrected chi connectivity index (χ4v) is 4.95. The lowest BCUT2D eigenvalue weighted by atomic mass is 10.0. The summed E-state index contributed by atoms with van der Waals surface area (Å²) in [6.07, 6.45) is -2.21. The molecule has 3 rings (SSSR count). The minimum absolute atomic E-state index is 0.0325. The highest BCUT2D eigenvalue weighted by Gasteiger charge is 2.31. The number of aromatic hydroxyl groups is 1. The third-order valence-corrected chi connectivity index (χ3v) is 6.46. The Morgan fingerprint density at radius 3 is 2.60 bits per heavy atom. The molecule has 2 N–H and O–H groups in total. The van der Waals surface area contributed by atoms with Gasteiger partial charge < -0.3 is 19.3 Å². The van der Waals surface area contributed by atoms with Crippen molar-refractivity contribution in [2.45, 2.75) is 25.6 Å². The lowest BCUT2D eigenvalue weighted by Crippen LogP contribution is -2.30. The number of esters is 1. The first-order valence-electron chi connectivity index (χ1n) is 10.9. The van der Waals surface area contributed by atoms with Crippen LogP contribution in [0, 0.1) is 0 Å². The fourth-order valence-electron chi connectivity index (χ4n) is 3.60. The smallest absolute Gasteiger partial charge is 0.412 e. The number of rotatable bonds is 10. The summed E-state index contributed by atoms with van der Waals surface area (Å²) < 4.78 is 17.9. The molecule has 3 aromatic carbocycles. The Bertz CT molecular complexity index is 1190. The molecule has 0 bridgehead atoms. The quantitative estimate of drug-likeness (QED) is 0.173. The Balaban J connectivity index is 1.90. The molecule has 3 aromatic rings. The van der Waals surface area contributed by atoms with Crippen LogP contribution in [0.5, 0.6) is 5.75 Å². The zero-order valence-electron chi connectivity index (χ0n) is 18.9. The zero-order chi connectivity index (χ0) is 25.4. The Morgan fingerprint density at radius 1 is 1.11 bits per heavy atom. The van der Waals surface area contributed by atoms with Gasteiger partial charge in [-0.25, -0.2) is 4.79 Å². The molecular weight excluding hydrogens is 602 g/mol. The standard InChI is InChI=1S/C25H25Br2NO6S/c1-2-32-21(10-11-33-22(29)14-35)24(18-12-16(26)13-19(27)23(18)30)34-25(31)28-20-9-5-7-15-6-3-4-8-17(15)20/h3-9,12-13,21,24,30,35H,2,10-11,14H2,1H3,(H,28,31)/t21-,24-/m1/s1. The van der Waals surface area contributed by atoms with Crippen molar-refractivity contribution in [2.75, 3.05) is 24.3 Å². The summed E-state index contributed by atoms with van der Waals surface area (Å²) in [5.74, 6) is -0.609. The van der Waals surface area contributed by atoms with Gasteiger partial charge in [0.1, 0.15) is 11.9 Å². The molecular formula is C25H25Br2NO6S. The number of phenols is 1. The number of carbonyl (C=O) groups excluding carboxylic acids is 2. The molecule has 0 unspecified atom stereocenters. The number of ether oxygens (including phenoxy) is 3. The number of thiol groups is 1. The summed E-state index contributed by atoms with van der Waals surface area (Å²) in [6, 6.07) is 16.5. The Kier molecular flexibility index (Phi) is 10.3. The second-order valence-corrected chi connectivity index (χ2v) is 9.55. The largest absolute Gasteiger partial charge is 0.506 e. The SMILES string of the molecule is CCO[C@H](CCOC(=O)CS)[C@H](OC(=O)Nc1cccc2ccccc12)c1cc(Br)cc(Br)c1O. The number of nitrogens with one attached hydrogen (secondary N) is 1. The highest BCUT2D eigenvalue weighted by Crippen LogP contribution is 2.39. The lowest BCUT2D eigenvalue weighted by Gasteiger charge is -2.28. The second-order valence-electron chi connectivity index (χ2n) is 7.46. The first-order chi connectivity index (χ1) is 16.8. The molecule has 0 aliphatic heterocycles. The van der Waals surface area contributed by atoms with Gasteiger partial charge in [-0.2, -0.15) is 12.6 Å². The minimum Gasteiger partial charge on any atom is -0.506 e. The van der Waals surface area contributed by atoms with Gasteiger partial charge in [0.05, 0.1) is 22.5 Å². The third-order valence-electron chi connectivity index (χ3n) is 5.14. The monoisotopic (exact) mass is 625 g/mol. The van der Waals surface area contributed by atoms with Crippen LogP contribution in [0.4, 0.5) is 10.5 Å². The molecule has 0 aliphatic carbocycles. The molecule has 0 fully saturated rings. The highest BCUT2D eigenvalue weighted by molar-refractivity contribution is 9.11. The van der Waals surface area contributed by atoms with Crippen molar-refractivity contribution < 1.29 is 28.9 Å². The zero-order valence-corrected chi connectivity index (χ0v) is 22.9. The van der Waals surface area contributed by atoms with Crippen LogP contribution in [0.15, 0.2) is 63.5 Å². The summed E-state index contributed by atoms with van der Waals surface area (Å²) in [5.41, 5.74) is 0.917. The van der Waals surface area contributed by atoms with Gasteiger partial charge in [-0.05, 0) is 46.4 Å². The number of carbonyl (C=O) groups is 2. The van der Waals surface area contributed by atoms with Crippen LogP contribution in [-0.4, -0.2) is 42.2 Å². The van der Waals surface area contributed by atoms with Crippen LogP contribution in [-0.2, 0) is 19.0 Å². The van der Waals surface area contributed by atoms with Crippen LogP contribution < -0.4 is 5.32 Å². The number of benzene rings is 3. The lowest BCUT2D eigenvalue weighted by molar-refractivity contribution is -0.142. The maximum atomic E-state index is 13.1. The Labute approximate surface area is 225 Å². The summed E-state index contributed by atoms with van der Waals surface area (Å²) in [7, 11) is 0. The number of fused-ring (bicyclic) bond motifs is 1. The van der Waals surface area contributed by atoms with Crippen LogP contribution in [0.2, 0.25) is 0 Å². The molecule has 0 heterocycles. The number of hydrogen-bond donors (Lipinski definition) is 3. The Morgan fingerprint density at radius 2 is 1.86 bits per heavy atom. The van der Waals surface area contributed by atoms with Crippen molar-refractivity contribution in [3.63, 3.8) is 0 Å². The Hall–Kier alpha value is -2.27. The van der Waals surface area contributed by atoms with Gasteiger partial charge in [0.2, 0.25) is 0 Å². The number of hydrogen-bond acceptors (Lipinski definition) is 7. The maximum Gasteiger partial charge on any atom is 0.412 e. The van der Waals surface area contributed by atoms with E-state index in [9.17, 15) is 14.7 Å². The van der Waals surface area contributed by atoms with E-state index in [2.05, 4.69) is 49.8 Å². The summed E-state index contributed by atoms with van der Waals surface area (Å²) in [5, 5.41) is 15.4. The van der Waals surface area contributed by atoms with Gasteiger partial charge in [-0.1, -0.05) is 52.3 Å². The molecule has 0 radical (unpaired) electrons. The van der Waals surface area contributed by atoms with Crippen LogP contribution in [0.25, 0.3) is 10.8 Å². The van der Waals surface area contributed by atoms with Crippen molar-refractivity contribution >= 4 is 73.0 Å². The van der Waals surface area contributed by atoms with Gasteiger partial charge in [0.25, 0.3) is 0 Å². The number of amides is 1. The van der Waals surface area contributed by atoms with E-state index in [1.165, 1.54) is 0 Å². The summed E-state index contributed by atoms with van der Waals surface area (Å²) in [4.78, 5) is 24.6. The molecule has 0 aliphatic rings. The van der Waals surface area contributed by atoms with Crippen molar-refractivity contribution in [1.82, 2.24) is 0 Å². The second kappa shape index (κ2) is 13.2. The molecule has 0 spiro atoms. The van der Waals surface area contributed by atoms with E-state index in [1.54, 1.807) is 25.1 Å². The van der Waals surface area contributed by atoms with Crippen molar-refractivity contribution in [2.24, 2.45) is 0 Å². The van der Waals surface area contributed by atoms with E-state index in [0.29, 0.717) is 26.8 Å². The maximum absolute atomic E-state index is 13.1. The predicted octanol–water partition coefficient (Wildman–Crippen LogP) is 6.63. The molecule has 186 valence electrons. The van der Waals surface area contributed by atoms with E-state index in [0.717, 1.165) is 10.8 Å². The van der Waals surface area contributed by atoms with E-state index in [-0.39, 0.29) is 24.5 Å². The van der Waals surface area contributed by atoms with Gasteiger partial charge in [0.15, 0.2) is 6.10 Å². The van der Waals surface area contributed by atoms with Crippen LogP contribution in [0.1, 0.15) is 25.0 Å². The van der Waals surface area contributed by atoms with Crippen LogP contribution in [0.3, 0.4) is 0 Å². The van der Waals surface area contributed by atoms with Crippen molar-refractivity contribution in [3.8, 4) is 5.75 Å². The van der Waals surface area contributed by atoms with Crippen molar-refractivity contribution in [3.05, 3.63) is 69.1 Å². The number of phenolic OH excluding ortho intramolecular Hbond substituents is 1. The van der Waals surface area contributed by atoms with Crippen molar-refractivity contribution in [1.29, 1.82) is 0 Å². The number of anilines is 1. The molecule has 10 heteroatoms. The van der Waals surface area contributed by atoms with Gasteiger partial charge >= 0.3 is 12.1 Å². The molecule has 35 heavy (non-hydrogen) atoms. The highest BCUT2D eigenvalue weighted by atomic mass is 79.9. The van der Waals surface area contributed by atoms with E-state index >= 15 is 0 Å². The average Bonchev–Trinajstić information content (AvgIpc) is 2.84. The average molecular weight is 627 g/mol. The normalized spacial score (nSPS) is 12.7. The van der Waals surface area contributed by atoms with E-state index < -0.39 is 24.3 Å². The molecule has 7 nitrogen and oxygen atoms in total. The van der Waals surface area contributed by atoms with Crippen LogP contribution >= 0.6 is 44.5 Å². The minimum atomic E-state index is -1.01.